The molecule has 0 atom stereocenters. The van der Waals surface area contributed by atoms with Crippen molar-refractivity contribution >= 4 is 29.1 Å². The van der Waals surface area contributed by atoms with Gasteiger partial charge in [-0.1, -0.05) is 5.04 Å². The van der Waals surface area contributed by atoms with Crippen molar-refractivity contribution in [3.63, 3.8) is 0 Å². The van der Waals surface area contributed by atoms with Crippen LogP contribution in [-0.2, 0) is 9.37 Å². The highest BCUT2D eigenvalue weighted by Crippen LogP contribution is 2.30. The predicted molar refractivity (Wildman–Crippen MR) is 83.8 cm³/mol. The summed E-state index contributed by atoms with van der Waals surface area (Å²) in [5.74, 6) is 0.701. The molecule has 0 aliphatic rings. The number of rotatable bonds is 7. The van der Waals surface area contributed by atoms with E-state index in [-0.39, 0.29) is 0 Å². The van der Waals surface area contributed by atoms with Crippen LogP contribution in [-0.4, -0.2) is 19.4 Å². The molecule has 0 saturated carbocycles. The lowest BCUT2D eigenvalue weighted by Crippen LogP contribution is -1.92. The molecule has 2 rings (SSSR count). The third kappa shape index (κ3) is 4.43. The van der Waals surface area contributed by atoms with Gasteiger partial charge >= 0.3 is 0 Å². The van der Waals surface area contributed by atoms with Gasteiger partial charge in [0.15, 0.2) is 0 Å². The van der Waals surface area contributed by atoms with Crippen molar-refractivity contribution in [2.45, 2.75) is 4.90 Å². The van der Waals surface area contributed by atoms with E-state index in [1.54, 1.807) is 37.4 Å². The van der Waals surface area contributed by atoms with E-state index in [9.17, 15) is 0 Å². The molecule has 0 aliphatic carbocycles. The summed E-state index contributed by atoms with van der Waals surface area (Å²) in [6.07, 6.45) is 0. The van der Waals surface area contributed by atoms with Crippen molar-refractivity contribution in [2.24, 2.45) is 10.2 Å². The fourth-order valence-corrected chi connectivity index (χ4v) is 2.04. The lowest BCUT2D eigenvalue weighted by Gasteiger charge is -2.07. The number of ether oxygens (including phenoxy) is 1. The standard InChI is InChI=1S/C14H15N3O4S/c1-15-13-8-5-11(9-14(13)19-2)17-16-10-3-6-12(7-4-10)22-21-20-18/h3-9,15,18H,1-2H3. The number of azo groups is 1. The third-order valence-electron chi connectivity index (χ3n) is 2.73. The fourth-order valence-electron chi connectivity index (χ4n) is 1.69. The summed E-state index contributed by atoms with van der Waals surface area (Å²) < 4.78 is 9.60. The second-order valence-electron chi connectivity index (χ2n) is 4.05. The minimum absolute atomic E-state index is 0.686. The Bertz CT molecular complexity index is 634. The van der Waals surface area contributed by atoms with E-state index >= 15 is 0 Å². The largest absolute Gasteiger partial charge is 0.495 e. The highest BCUT2D eigenvalue weighted by atomic mass is 32.2. The smallest absolute Gasteiger partial charge is 0.144 e. The zero-order chi connectivity index (χ0) is 15.8. The minimum Gasteiger partial charge on any atom is -0.495 e. The first kappa shape index (κ1) is 16.2. The fraction of sp³-hybridized carbons (Fsp3) is 0.143. The zero-order valence-electron chi connectivity index (χ0n) is 12.0. The molecule has 0 amide bonds. The van der Waals surface area contributed by atoms with Gasteiger partial charge in [-0.3, -0.25) is 0 Å². The molecule has 0 fully saturated rings. The van der Waals surface area contributed by atoms with Gasteiger partial charge in [0.1, 0.15) is 5.75 Å². The van der Waals surface area contributed by atoms with Gasteiger partial charge in [0, 0.05) is 18.0 Å². The molecule has 0 unspecified atom stereocenters. The molecule has 2 N–H and O–H groups in total. The van der Waals surface area contributed by atoms with E-state index in [0.29, 0.717) is 17.1 Å². The van der Waals surface area contributed by atoms with Crippen LogP contribution in [0.3, 0.4) is 0 Å². The van der Waals surface area contributed by atoms with E-state index in [1.807, 2.05) is 19.2 Å². The maximum atomic E-state index is 8.08. The summed E-state index contributed by atoms with van der Waals surface area (Å²) >= 11 is 0.885. The second kappa shape index (κ2) is 8.35. The van der Waals surface area contributed by atoms with Crippen LogP contribution in [0.5, 0.6) is 5.75 Å². The summed E-state index contributed by atoms with van der Waals surface area (Å²) in [6, 6.07) is 12.6. The van der Waals surface area contributed by atoms with Crippen LogP contribution >= 0.6 is 12.0 Å². The van der Waals surface area contributed by atoms with Crippen LogP contribution in [0.15, 0.2) is 57.6 Å². The van der Waals surface area contributed by atoms with Crippen LogP contribution < -0.4 is 10.1 Å². The molecule has 0 spiro atoms. The Kier molecular flexibility index (Phi) is 6.16. The predicted octanol–water partition coefficient (Wildman–Crippen LogP) is 4.58. The monoisotopic (exact) mass is 321 g/mol. The lowest BCUT2D eigenvalue weighted by atomic mass is 10.2. The number of anilines is 1. The Morgan fingerprint density at radius 2 is 1.73 bits per heavy atom. The topological polar surface area (TPSA) is 84.7 Å². The van der Waals surface area contributed by atoms with Crippen molar-refractivity contribution in [1.29, 1.82) is 0 Å². The quantitative estimate of drug-likeness (QED) is 0.336. The van der Waals surface area contributed by atoms with Crippen LogP contribution in [0, 0.1) is 0 Å². The molecule has 2 aromatic carbocycles. The Morgan fingerprint density at radius 1 is 1.05 bits per heavy atom. The van der Waals surface area contributed by atoms with Gasteiger partial charge in [0.2, 0.25) is 0 Å². The second-order valence-corrected chi connectivity index (χ2v) is 4.83. The van der Waals surface area contributed by atoms with Crippen LogP contribution in [0.2, 0.25) is 0 Å². The van der Waals surface area contributed by atoms with E-state index in [0.717, 1.165) is 22.6 Å². The molecule has 2 aromatic rings. The summed E-state index contributed by atoms with van der Waals surface area (Å²) in [4.78, 5) is 0.757. The number of nitrogens with one attached hydrogen (secondary N) is 1. The Balaban J connectivity index is 2.08. The van der Waals surface area contributed by atoms with Gasteiger partial charge in [0.05, 0.1) is 36.2 Å². The normalized spacial score (nSPS) is 10.9. The van der Waals surface area contributed by atoms with Crippen molar-refractivity contribution in [2.75, 3.05) is 19.5 Å². The van der Waals surface area contributed by atoms with E-state index in [4.69, 9.17) is 9.99 Å². The average molecular weight is 321 g/mol. The number of methoxy groups -OCH3 is 1. The summed E-state index contributed by atoms with van der Waals surface area (Å²) in [6.45, 7) is 0. The molecule has 0 radical (unpaired) electrons. The van der Waals surface area contributed by atoms with Crippen LogP contribution in [0.25, 0.3) is 0 Å². The molecular formula is C14H15N3O4S. The molecule has 0 aliphatic heterocycles. The van der Waals surface area contributed by atoms with Gasteiger partial charge in [-0.25, -0.2) is 5.26 Å². The molecule has 22 heavy (non-hydrogen) atoms. The molecule has 0 aromatic heterocycles. The Hall–Kier alpha value is -2.13. The number of hydrogen-bond acceptors (Lipinski definition) is 8. The average Bonchev–Trinajstić information content (AvgIpc) is 2.58. The molecule has 0 bridgehead atoms. The molecule has 8 heteroatoms. The maximum Gasteiger partial charge on any atom is 0.144 e. The first-order chi connectivity index (χ1) is 10.8. The lowest BCUT2D eigenvalue weighted by molar-refractivity contribution is -0.432. The van der Waals surface area contributed by atoms with Crippen molar-refractivity contribution in [3.05, 3.63) is 42.5 Å². The van der Waals surface area contributed by atoms with Crippen molar-refractivity contribution in [3.8, 4) is 5.75 Å². The Morgan fingerprint density at radius 3 is 2.36 bits per heavy atom. The minimum atomic E-state index is 0.686. The molecule has 7 nitrogen and oxygen atoms in total. The summed E-state index contributed by atoms with van der Waals surface area (Å²) in [7, 11) is 3.43. The molecular weight excluding hydrogens is 306 g/mol. The van der Waals surface area contributed by atoms with Gasteiger partial charge in [0.25, 0.3) is 0 Å². The molecule has 0 heterocycles. The number of nitrogens with zero attached hydrogens (tertiary/aromatic N) is 2. The summed E-state index contributed by atoms with van der Waals surface area (Å²) in [5, 5.41) is 23.0. The maximum absolute atomic E-state index is 8.08. The van der Waals surface area contributed by atoms with Crippen molar-refractivity contribution < 1.29 is 19.4 Å². The first-order valence-corrected chi connectivity index (χ1v) is 7.03. The third-order valence-corrected chi connectivity index (χ3v) is 3.33. The van der Waals surface area contributed by atoms with Crippen LogP contribution in [0.1, 0.15) is 0 Å². The molecule has 0 saturated heterocycles. The molecule has 116 valence electrons. The number of benzene rings is 2. The van der Waals surface area contributed by atoms with Gasteiger partial charge < -0.3 is 10.1 Å². The number of hydrogen-bond donors (Lipinski definition) is 2. The van der Waals surface area contributed by atoms with Gasteiger partial charge in [-0.15, -0.1) is 4.33 Å². The van der Waals surface area contributed by atoms with Crippen LogP contribution in [0.4, 0.5) is 17.1 Å². The Labute approximate surface area is 132 Å². The van der Waals surface area contributed by atoms with E-state index in [2.05, 4.69) is 24.9 Å². The SMILES string of the molecule is CNc1ccc(N=Nc2ccc(SOOO)cc2)cc1OC. The first-order valence-electron chi connectivity index (χ1n) is 6.29. The van der Waals surface area contributed by atoms with E-state index < -0.39 is 0 Å². The van der Waals surface area contributed by atoms with Gasteiger partial charge in [-0.2, -0.15) is 10.2 Å². The summed E-state index contributed by atoms with van der Waals surface area (Å²) in [5.41, 5.74) is 2.26. The highest BCUT2D eigenvalue weighted by Gasteiger charge is 2.02. The van der Waals surface area contributed by atoms with Crippen molar-refractivity contribution in [1.82, 2.24) is 0 Å². The van der Waals surface area contributed by atoms with E-state index in [1.165, 1.54) is 0 Å². The zero-order valence-corrected chi connectivity index (χ0v) is 12.8. The highest BCUT2D eigenvalue weighted by molar-refractivity contribution is 7.94. The van der Waals surface area contributed by atoms with Gasteiger partial charge in [-0.05, 0) is 36.4 Å².